The molecule has 1 heterocycles. The highest BCUT2D eigenvalue weighted by Crippen LogP contribution is 2.30. The van der Waals surface area contributed by atoms with Gasteiger partial charge >= 0.3 is 5.97 Å². The molecule has 1 saturated heterocycles. The Morgan fingerprint density at radius 2 is 1.32 bits per heavy atom. The Morgan fingerprint density at radius 3 is 1.85 bits per heavy atom. The molecular formula is C30H52O10. The number of aliphatic hydroxyl groups is 5. The molecule has 10 nitrogen and oxygen atoms in total. The number of rotatable bonds is 14. The molecule has 0 saturated carbocycles. The van der Waals surface area contributed by atoms with Crippen LogP contribution in [-0.2, 0) is 23.7 Å². The third kappa shape index (κ3) is 9.73. The summed E-state index contributed by atoms with van der Waals surface area (Å²) in [5.41, 5.74) is 2.10. The zero-order chi connectivity index (χ0) is 30.9. The van der Waals surface area contributed by atoms with E-state index in [0.717, 1.165) is 12.0 Å². The van der Waals surface area contributed by atoms with Crippen LogP contribution in [0.4, 0.5) is 0 Å². The average Bonchev–Trinajstić information content (AvgIpc) is 2.93. The second kappa shape index (κ2) is 16.7. The lowest BCUT2D eigenvalue weighted by Gasteiger charge is -2.41. The summed E-state index contributed by atoms with van der Waals surface area (Å²) in [5, 5.41) is 52.6. The molecule has 1 rings (SSSR count). The SMILES string of the molecule is CC[C@@H](C)C=C(C)[C@H](O[C@@H]1O[C@H](OC)[C@@H](O)[C@H](O)[C@@H]1O)[C@@H](C)C=C(C)[C@H](O)[C@@H](C)C=C(C)[C@H](O)[C@@H](C)C(=O)OC. The number of hydrogen-bond donors (Lipinski definition) is 5. The van der Waals surface area contributed by atoms with Gasteiger partial charge in [-0.25, -0.2) is 0 Å². The van der Waals surface area contributed by atoms with Crippen molar-refractivity contribution in [3.63, 3.8) is 0 Å². The summed E-state index contributed by atoms with van der Waals surface area (Å²) in [6.45, 7) is 14.9. The maximum atomic E-state index is 11.8. The van der Waals surface area contributed by atoms with Gasteiger partial charge in [-0.05, 0) is 50.3 Å². The van der Waals surface area contributed by atoms with Crippen molar-refractivity contribution in [3.05, 3.63) is 34.9 Å². The van der Waals surface area contributed by atoms with Gasteiger partial charge in [-0.15, -0.1) is 0 Å². The Hall–Kier alpha value is -1.63. The number of aliphatic hydroxyl groups excluding tert-OH is 5. The van der Waals surface area contributed by atoms with Gasteiger partial charge in [0.25, 0.3) is 0 Å². The van der Waals surface area contributed by atoms with Crippen LogP contribution in [0.15, 0.2) is 34.9 Å². The molecule has 0 aromatic carbocycles. The first-order chi connectivity index (χ1) is 18.6. The van der Waals surface area contributed by atoms with Crippen molar-refractivity contribution in [2.24, 2.45) is 23.7 Å². The van der Waals surface area contributed by atoms with Gasteiger partial charge in [-0.2, -0.15) is 0 Å². The highest BCUT2D eigenvalue weighted by molar-refractivity contribution is 5.73. The molecule has 232 valence electrons. The Morgan fingerprint density at radius 1 is 0.800 bits per heavy atom. The van der Waals surface area contributed by atoms with E-state index in [1.807, 2.05) is 26.8 Å². The summed E-state index contributed by atoms with van der Waals surface area (Å²) in [5.74, 6) is -1.66. The van der Waals surface area contributed by atoms with Crippen LogP contribution in [0.2, 0.25) is 0 Å². The summed E-state index contributed by atoms with van der Waals surface area (Å²) < 4.78 is 21.7. The third-order valence-corrected chi connectivity index (χ3v) is 7.69. The minimum absolute atomic E-state index is 0.261. The van der Waals surface area contributed by atoms with Crippen LogP contribution in [0.3, 0.4) is 0 Å². The highest BCUT2D eigenvalue weighted by Gasteiger charge is 2.46. The summed E-state index contributed by atoms with van der Waals surface area (Å²) in [4.78, 5) is 11.8. The minimum atomic E-state index is -1.52. The molecule has 1 aliphatic heterocycles. The summed E-state index contributed by atoms with van der Waals surface area (Å²) >= 11 is 0. The van der Waals surface area contributed by atoms with E-state index in [1.54, 1.807) is 26.8 Å². The standard InChI is InChI=1S/C30H52O10/c1-11-15(2)12-19(6)27(39-30-26(35)24(33)25(34)29(38-10)40-30)20(7)14-17(4)22(31)16(3)13-18(5)23(32)21(8)28(36)37-9/h12-16,20-27,29-35H,11H2,1-10H3/t15-,16+,20+,21-,22-,23+,24+,25+,26+,27+,29+,30-/m1/s1. The zero-order valence-corrected chi connectivity index (χ0v) is 25.6. The molecule has 0 aliphatic carbocycles. The molecule has 0 spiro atoms. The zero-order valence-electron chi connectivity index (χ0n) is 25.6. The van der Waals surface area contributed by atoms with Crippen LogP contribution >= 0.6 is 0 Å². The number of ether oxygens (including phenoxy) is 4. The first-order valence-electron chi connectivity index (χ1n) is 14.0. The molecule has 0 amide bonds. The van der Waals surface area contributed by atoms with Gasteiger partial charge in [0.1, 0.15) is 18.3 Å². The van der Waals surface area contributed by atoms with E-state index in [4.69, 9.17) is 18.9 Å². The molecule has 40 heavy (non-hydrogen) atoms. The van der Waals surface area contributed by atoms with Gasteiger partial charge in [0.15, 0.2) is 12.6 Å². The van der Waals surface area contributed by atoms with Crippen LogP contribution in [-0.4, -0.2) is 94.9 Å². The van der Waals surface area contributed by atoms with Crippen molar-refractivity contribution < 1.29 is 49.3 Å². The maximum Gasteiger partial charge on any atom is 0.311 e. The first-order valence-corrected chi connectivity index (χ1v) is 14.0. The highest BCUT2D eigenvalue weighted by atomic mass is 16.8. The van der Waals surface area contributed by atoms with Crippen LogP contribution in [0.25, 0.3) is 0 Å². The summed E-state index contributed by atoms with van der Waals surface area (Å²) in [6, 6.07) is 0. The first kappa shape index (κ1) is 36.4. The molecule has 0 bridgehead atoms. The third-order valence-electron chi connectivity index (χ3n) is 7.69. The number of carbonyl (C=O) groups excluding carboxylic acids is 1. The number of methoxy groups -OCH3 is 2. The van der Waals surface area contributed by atoms with Gasteiger partial charge in [0.05, 0.1) is 31.3 Å². The molecule has 0 radical (unpaired) electrons. The van der Waals surface area contributed by atoms with Crippen molar-refractivity contribution in [3.8, 4) is 0 Å². The van der Waals surface area contributed by atoms with Crippen molar-refractivity contribution in [1.82, 2.24) is 0 Å². The lowest BCUT2D eigenvalue weighted by Crippen LogP contribution is -2.59. The average molecular weight is 573 g/mol. The summed E-state index contributed by atoms with van der Waals surface area (Å²) in [6.07, 6.45) is -2.81. The fourth-order valence-electron chi connectivity index (χ4n) is 4.91. The smallest absolute Gasteiger partial charge is 0.311 e. The second-order valence-electron chi connectivity index (χ2n) is 11.2. The fourth-order valence-corrected chi connectivity index (χ4v) is 4.91. The van der Waals surface area contributed by atoms with Crippen LogP contribution in [0.5, 0.6) is 0 Å². The lowest BCUT2D eigenvalue weighted by molar-refractivity contribution is -0.352. The Bertz CT molecular complexity index is 882. The molecule has 12 atom stereocenters. The van der Waals surface area contributed by atoms with Gasteiger partial charge in [-0.3, -0.25) is 4.79 Å². The van der Waals surface area contributed by atoms with E-state index < -0.39 is 61.1 Å². The molecule has 5 N–H and O–H groups in total. The largest absolute Gasteiger partial charge is 0.469 e. The topological polar surface area (TPSA) is 155 Å². The van der Waals surface area contributed by atoms with Crippen LogP contribution in [0.1, 0.15) is 61.8 Å². The lowest BCUT2D eigenvalue weighted by atomic mass is 9.88. The fraction of sp³-hybridized carbons (Fsp3) is 0.767. The van der Waals surface area contributed by atoms with Crippen LogP contribution < -0.4 is 0 Å². The number of carbonyl (C=O) groups is 1. The maximum absolute atomic E-state index is 11.8. The number of esters is 1. The quantitative estimate of drug-likeness (QED) is 0.155. The van der Waals surface area contributed by atoms with Crippen molar-refractivity contribution >= 4 is 5.97 Å². The minimum Gasteiger partial charge on any atom is -0.469 e. The van der Waals surface area contributed by atoms with Crippen LogP contribution in [0, 0.1) is 23.7 Å². The van der Waals surface area contributed by atoms with E-state index in [-0.39, 0.29) is 17.8 Å². The molecule has 1 aliphatic rings. The van der Waals surface area contributed by atoms with Gasteiger partial charge in [0, 0.05) is 18.9 Å². The van der Waals surface area contributed by atoms with Crippen molar-refractivity contribution in [1.29, 1.82) is 0 Å². The molecular weight excluding hydrogens is 520 g/mol. The van der Waals surface area contributed by atoms with E-state index in [2.05, 4.69) is 19.9 Å². The number of allylic oxidation sites excluding steroid dienone is 1. The normalized spacial score (nSPS) is 30.2. The Balaban J connectivity index is 3.22. The van der Waals surface area contributed by atoms with E-state index in [1.165, 1.54) is 14.2 Å². The van der Waals surface area contributed by atoms with Crippen molar-refractivity contribution in [2.45, 2.75) is 111 Å². The molecule has 0 unspecified atom stereocenters. The predicted molar refractivity (Wildman–Crippen MR) is 151 cm³/mol. The number of hydrogen-bond acceptors (Lipinski definition) is 10. The molecule has 0 aromatic rings. The Labute approximate surface area is 239 Å². The van der Waals surface area contributed by atoms with E-state index >= 15 is 0 Å². The van der Waals surface area contributed by atoms with E-state index in [0.29, 0.717) is 11.1 Å². The molecule has 1 fully saturated rings. The molecule has 10 heteroatoms. The summed E-state index contributed by atoms with van der Waals surface area (Å²) in [7, 11) is 2.59. The molecule has 0 aromatic heterocycles. The Kier molecular flexibility index (Phi) is 15.2. The van der Waals surface area contributed by atoms with Gasteiger partial charge in [-0.1, -0.05) is 52.3 Å². The van der Waals surface area contributed by atoms with Gasteiger partial charge < -0.3 is 44.5 Å². The second-order valence-corrected chi connectivity index (χ2v) is 11.2. The monoisotopic (exact) mass is 572 g/mol. The predicted octanol–water partition coefficient (Wildman–Crippen LogP) is 2.47. The van der Waals surface area contributed by atoms with E-state index in [9.17, 15) is 30.3 Å². The van der Waals surface area contributed by atoms with Crippen molar-refractivity contribution in [2.75, 3.05) is 14.2 Å². The van der Waals surface area contributed by atoms with Gasteiger partial charge in [0.2, 0.25) is 0 Å².